The molecule has 0 aliphatic carbocycles. The number of hydrogen-bond donors (Lipinski definition) is 1. The standard InChI is InChI=1S/C19H22ClN3/c1-21-14-9-10-23-18(12-14)15-5-3-4-6-16(15)22(2)17-8-7-13(20)11-19(17)23/h3-8,11,14,18,21H,9-10,12H2,1-2H3. The Kier molecular flexibility index (Phi) is 3.70. The highest BCUT2D eigenvalue weighted by molar-refractivity contribution is 6.31. The van der Waals surface area contributed by atoms with Gasteiger partial charge in [0.1, 0.15) is 0 Å². The van der Waals surface area contributed by atoms with Gasteiger partial charge in [-0.3, -0.25) is 0 Å². The smallest absolute Gasteiger partial charge is 0.0647 e. The summed E-state index contributed by atoms with van der Waals surface area (Å²) < 4.78 is 0. The lowest BCUT2D eigenvalue weighted by atomic mass is 9.91. The number of piperidine rings is 1. The molecule has 0 saturated carbocycles. The number of benzene rings is 2. The molecule has 0 aromatic heterocycles. The maximum absolute atomic E-state index is 6.32. The van der Waals surface area contributed by atoms with Crippen molar-refractivity contribution < 1.29 is 0 Å². The number of hydrogen-bond acceptors (Lipinski definition) is 3. The van der Waals surface area contributed by atoms with E-state index in [1.807, 2.05) is 6.07 Å². The third-order valence-electron chi connectivity index (χ3n) is 5.28. The molecule has 2 aliphatic heterocycles. The van der Waals surface area contributed by atoms with E-state index >= 15 is 0 Å². The summed E-state index contributed by atoms with van der Waals surface area (Å²) in [5.41, 5.74) is 5.17. The Morgan fingerprint density at radius 2 is 1.91 bits per heavy atom. The van der Waals surface area contributed by atoms with Crippen molar-refractivity contribution in [2.24, 2.45) is 0 Å². The van der Waals surface area contributed by atoms with Crippen LogP contribution in [0.3, 0.4) is 0 Å². The second-order valence-electron chi connectivity index (χ2n) is 6.47. The number of fused-ring (bicyclic) bond motifs is 5. The van der Waals surface area contributed by atoms with Crippen LogP contribution in [0.15, 0.2) is 42.5 Å². The first-order valence-corrected chi connectivity index (χ1v) is 8.63. The fourth-order valence-corrected chi connectivity index (χ4v) is 4.19. The topological polar surface area (TPSA) is 18.5 Å². The predicted octanol–water partition coefficient (Wildman–Crippen LogP) is 4.35. The lowest BCUT2D eigenvalue weighted by Crippen LogP contribution is -2.43. The second kappa shape index (κ2) is 5.73. The van der Waals surface area contributed by atoms with Crippen LogP contribution >= 0.6 is 11.6 Å². The van der Waals surface area contributed by atoms with Crippen LogP contribution in [0.4, 0.5) is 17.1 Å². The van der Waals surface area contributed by atoms with Crippen molar-refractivity contribution in [3.8, 4) is 0 Å². The van der Waals surface area contributed by atoms with Gasteiger partial charge in [0.25, 0.3) is 0 Å². The van der Waals surface area contributed by atoms with Crippen LogP contribution in [0.1, 0.15) is 24.4 Å². The van der Waals surface area contributed by atoms with Crippen molar-refractivity contribution in [3.63, 3.8) is 0 Å². The van der Waals surface area contributed by atoms with E-state index in [9.17, 15) is 0 Å². The van der Waals surface area contributed by atoms with E-state index in [2.05, 4.69) is 65.6 Å². The van der Waals surface area contributed by atoms with Crippen LogP contribution in [0, 0.1) is 0 Å². The number of nitrogens with one attached hydrogen (secondary N) is 1. The fourth-order valence-electron chi connectivity index (χ4n) is 4.03. The van der Waals surface area contributed by atoms with Crippen molar-refractivity contribution in [3.05, 3.63) is 53.1 Å². The van der Waals surface area contributed by atoms with Crippen LogP contribution < -0.4 is 15.1 Å². The Morgan fingerprint density at radius 1 is 1.09 bits per heavy atom. The summed E-state index contributed by atoms with van der Waals surface area (Å²) in [6.45, 7) is 1.05. The Labute approximate surface area is 142 Å². The summed E-state index contributed by atoms with van der Waals surface area (Å²) in [6, 6.07) is 16.0. The van der Waals surface area contributed by atoms with Crippen molar-refractivity contribution in [1.82, 2.24) is 5.32 Å². The van der Waals surface area contributed by atoms with Crippen LogP contribution in [0.5, 0.6) is 0 Å². The van der Waals surface area contributed by atoms with Gasteiger partial charge in [0.15, 0.2) is 0 Å². The minimum absolute atomic E-state index is 0.388. The van der Waals surface area contributed by atoms with Gasteiger partial charge in [0, 0.05) is 30.3 Å². The molecule has 2 aliphatic rings. The minimum atomic E-state index is 0.388. The Bertz CT molecular complexity index is 730. The zero-order valence-electron chi connectivity index (χ0n) is 13.6. The Hall–Kier alpha value is -1.71. The third-order valence-corrected chi connectivity index (χ3v) is 5.51. The molecule has 1 N–H and O–H groups in total. The first kappa shape index (κ1) is 14.9. The molecule has 23 heavy (non-hydrogen) atoms. The Balaban J connectivity index is 1.92. The molecule has 0 radical (unpaired) electrons. The predicted molar refractivity (Wildman–Crippen MR) is 98.1 cm³/mol. The molecule has 3 nitrogen and oxygen atoms in total. The van der Waals surface area contributed by atoms with Crippen LogP contribution in [0.2, 0.25) is 5.02 Å². The van der Waals surface area contributed by atoms with Gasteiger partial charge in [-0.15, -0.1) is 0 Å². The number of anilines is 3. The van der Waals surface area contributed by atoms with Crippen molar-refractivity contribution >= 4 is 28.7 Å². The highest BCUT2D eigenvalue weighted by Gasteiger charge is 2.35. The van der Waals surface area contributed by atoms with E-state index in [1.165, 1.54) is 22.6 Å². The maximum Gasteiger partial charge on any atom is 0.0647 e. The van der Waals surface area contributed by atoms with E-state index < -0.39 is 0 Å². The molecule has 2 heterocycles. The summed E-state index contributed by atoms with van der Waals surface area (Å²) in [5, 5.41) is 4.27. The van der Waals surface area contributed by atoms with E-state index in [0.717, 1.165) is 24.4 Å². The van der Waals surface area contributed by atoms with E-state index in [1.54, 1.807) is 0 Å². The molecule has 0 bridgehead atoms. The summed E-state index contributed by atoms with van der Waals surface area (Å²) in [5.74, 6) is 0. The first-order valence-electron chi connectivity index (χ1n) is 8.25. The van der Waals surface area contributed by atoms with Gasteiger partial charge in [-0.25, -0.2) is 0 Å². The van der Waals surface area contributed by atoms with Gasteiger partial charge in [-0.05, 0) is 49.7 Å². The molecular weight excluding hydrogens is 306 g/mol. The Morgan fingerprint density at radius 3 is 2.74 bits per heavy atom. The lowest BCUT2D eigenvalue weighted by molar-refractivity contribution is 0.380. The van der Waals surface area contributed by atoms with Crippen LogP contribution in [-0.2, 0) is 0 Å². The minimum Gasteiger partial charge on any atom is -0.363 e. The molecule has 2 aromatic carbocycles. The van der Waals surface area contributed by atoms with Crippen LogP contribution in [0.25, 0.3) is 0 Å². The second-order valence-corrected chi connectivity index (χ2v) is 6.91. The number of nitrogens with zero attached hydrogens (tertiary/aromatic N) is 2. The molecule has 1 saturated heterocycles. The largest absolute Gasteiger partial charge is 0.363 e. The molecule has 2 unspecified atom stereocenters. The van der Waals surface area contributed by atoms with Crippen molar-refractivity contribution in [2.45, 2.75) is 24.9 Å². The van der Waals surface area contributed by atoms with Crippen LogP contribution in [-0.4, -0.2) is 26.7 Å². The monoisotopic (exact) mass is 327 g/mol. The summed E-state index contributed by atoms with van der Waals surface area (Å²) >= 11 is 6.32. The molecule has 4 rings (SSSR count). The number of para-hydroxylation sites is 1. The van der Waals surface area contributed by atoms with Gasteiger partial charge in [-0.1, -0.05) is 29.8 Å². The highest BCUT2D eigenvalue weighted by Crippen LogP contribution is 2.48. The van der Waals surface area contributed by atoms with Gasteiger partial charge in [0.2, 0.25) is 0 Å². The van der Waals surface area contributed by atoms with Gasteiger partial charge in [-0.2, -0.15) is 0 Å². The zero-order valence-corrected chi connectivity index (χ0v) is 14.3. The molecule has 2 atom stereocenters. The molecule has 1 fully saturated rings. The molecule has 4 heteroatoms. The quantitative estimate of drug-likeness (QED) is 0.840. The average Bonchev–Trinajstić information content (AvgIpc) is 2.69. The summed E-state index contributed by atoms with van der Waals surface area (Å²) in [7, 11) is 4.22. The average molecular weight is 328 g/mol. The molecule has 0 amide bonds. The van der Waals surface area contributed by atoms with Gasteiger partial charge in [0.05, 0.1) is 17.4 Å². The molecular formula is C19H22ClN3. The molecule has 2 aromatic rings. The van der Waals surface area contributed by atoms with E-state index in [0.29, 0.717) is 12.1 Å². The van der Waals surface area contributed by atoms with Crippen molar-refractivity contribution in [2.75, 3.05) is 30.4 Å². The fraction of sp³-hybridized carbons (Fsp3) is 0.368. The summed E-state index contributed by atoms with van der Waals surface area (Å²) in [4.78, 5) is 4.84. The molecule has 120 valence electrons. The summed E-state index contributed by atoms with van der Waals surface area (Å²) in [6.07, 6.45) is 2.28. The maximum atomic E-state index is 6.32. The zero-order chi connectivity index (χ0) is 16.0. The van der Waals surface area contributed by atoms with E-state index in [4.69, 9.17) is 11.6 Å². The first-order chi connectivity index (χ1) is 11.2. The molecule has 0 spiro atoms. The van der Waals surface area contributed by atoms with E-state index in [-0.39, 0.29) is 0 Å². The van der Waals surface area contributed by atoms with Crippen molar-refractivity contribution in [1.29, 1.82) is 0 Å². The number of rotatable bonds is 1. The SMILES string of the molecule is CNC1CCN2c3cc(Cl)ccc3N(C)c3ccccc3C2C1. The normalized spacial score (nSPS) is 22.9. The van der Waals surface area contributed by atoms with Gasteiger partial charge >= 0.3 is 0 Å². The number of halogens is 1. The lowest BCUT2D eigenvalue weighted by Gasteiger charge is -2.40. The highest BCUT2D eigenvalue weighted by atomic mass is 35.5. The third kappa shape index (κ3) is 2.39. The van der Waals surface area contributed by atoms with Gasteiger partial charge < -0.3 is 15.1 Å².